The average Bonchev–Trinajstić information content (AvgIpc) is 3.12. The van der Waals surface area contributed by atoms with Gasteiger partial charge in [-0.1, -0.05) is 60.1 Å². The zero-order valence-corrected chi connectivity index (χ0v) is 21.0. The Hall–Kier alpha value is -3.75. The number of hydrogen-bond acceptors (Lipinski definition) is 6. The molecule has 0 aromatic heterocycles. The number of nitrogens with one attached hydrogen (secondary N) is 1. The van der Waals surface area contributed by atoms with E-state index in [-0.39, 0.29) is 11.4 Å². The predicted molar refractivity (Wildman–Crippen MR) is 141 cm³/mol. The normalized spacial score (nSPS) is 14.3. The van der Waals surface area contributed by atoms with E-state index in [9.17, 15) is 14.4 Å². The molecule has 184 valence electrons. The first-order valence-electron chi connectivity index (χ1n) is 11.2. The molecule has 3 aromatic rings. The molecule has 1 aliphatic heterocycles. The van der Waals surface area contributed by atoms with Crippen LogP contribution < -0.4 is 14.8 Å². The molecule has 1 saturated heterocycles. The van der Waals surface area contributed by atoms with Crippen LogP contribution in [-0.4, -0.2) is 35.1 Å². The predicted octanol–water partition coefficient (Wildman–Crippen LogP) is 5.99. The molecule has 0 saturated carbocycles. The summed E-state index contributed by atoms with van der Waals surface area (Å²) in [6.07, 6.45) is 1.55. The number of nitrogens with zero attached hydrogens (tertiary/aromatic N) is 1. The average molecular weight is 523 g/mol. The third-order valence-corrected chi connectivity index (χ3v) is 6.28. The smallest absolute Gasteiger partial charge is 0.294 e. The number of imide groups is 1. The Bertz CT molecular complexity index is 1300. The summed E-state index contributed by atoms with van der Waals surface area (Å²) < 4.78 is 11.7. The summed E-state index contributed by atoms with van der Waals surface area (Å²) in [6, 6.07) is 21.8. The lowest BCUT2D eigenvalue weighted by Crippen LogP contribution is -2.36. The van der Waals surface area contributed by atoms with E-state index in [4.69, 9.17) is 21.1 Å². The number of ether oxygens (including phenoxy) is 2. The molecule has 1 fully saturated rings. The standard InChI is InChI=1S/C27H23ClN2O5S/c1-2-34-22-14-19(13-21(28)25(22)35-17-18-9-5-3-6-10-18)15-23-26(32)30(27(33)36-23)16-24(31)29-20-11-7-4-8-12-20/h3-15H,2,16-17H2,1H3,(H,29,31)/b23-15-. The largest absolute Gasteiger partial charge is 0.490 e. The van der Waals surface area contributed by atoms with Crippen LogP contribution in [0.4, 0.5) is 10.5 Å². The third kappa shape index (κ3) is 6.27. The Kier molecular flexibility index (Phi) is 8.30. The van der Waals surface area contributed by atoms with Gasteiger partial charge >= 0.3 is 0 Å². The molecular formula is C27H23ClN2O5S. The van der Waals surface area contributed by atoms with Gasteiger partial charge in [0.05, 0.1) is 16.5 Å². The van der Waals surface area contributed by atoms with Gasteiger partial charge in [-0.25, -0.2) is 0 Å². The molecule has 0 radical (unpaired) electrons. The van der Waals surface area contributed by atoms with Gasteiger partial charge in [0.15, 0.2) is 11.5 Å². The summed E-state index contributed by atoms with van der Waals surface area (Å²) >= 11 is 7.27. The van der Waals surface area contributed by atoms with Crippen molar-refractivity contribution in [3.8, 4) is 11.5 Å². The minimum absolute atomic E-state index is 0.184. The van der Waals surface area contributed by atoms with Gasteiger partial charge in [-0.15, -0.1) is 0 Å². The first-order valence-corrected chi connectivity index (χ1v) is 12.4. The molecule has 4 rings (SSSR count). The van der Waals surface area contributed by atoms with Crippen molar-refractivity contribution in [3.63, 3.8) is 0 Å². The molecule has 0 unspecified atom stereocenters. The van der Waals surface area contributed by atoms with E-state index in [1.54, 1.807) is 42.5 Å². The second-order valence-corrected chi connectivity index (χ2v) is 9.12. The SMILES string of the molecule is CCOc1cc(/C=C2\SC(=O)N(CC(=O)Nc3ccccc3)C2=O)cc(Cl)c1OCc1ccccc1. The van der Waals surface area contributed by atoms with Crippen LogP contribution in [0.2, 0.25) is 5.02 Å². The Morgan fingerprint density at radius 2 is 1.72 bits per heavy atom. The fourth-order valence-corrected chi connectivity index (χ4v) is 4.57. The van der Waals surface area contributed by atoms with Gasteiger partial charge in [-0.3, -0.25) is 19.3 Å². The molecule has 36 heavy (non-hydrogen) atoms. The van der Waals surface area contributed by atoms with Gasteiger partial charge in [0.2, 0.25) is 5.91 Å². The lowest BCUT2D eigenvalue weighted by Gasteiger charge is -2.15. The maximum atomic E-state index is 12.9. The monoisotopic (exact) mass is 522 g/mol. The van der Waals surface area contributed by atoms with Crippen LogP contribution in [0, 0.1) is 0 Å². The molecule has 3 amide bonds. The van der Waals surface area contributed by atoms with Crippen molar-refractivity contribution in [3.05, 3.63) is 93.9 Å². The molecule has 0 atom stereocenters. The Balaban J connectivity index is 1.49. The van der Waals surface area contributed by atoms with Crippen LogP contribution in [0.25, 0.3) is 6.08 Å². The van der Waals surface area contributed by atoms with Crippen molar-refractivity contribution in [1.29, 1.82) is 0 Å². The highest BCUT2D eigenvalue weighted by molar-refractivity contribution is 8.18. The van der Waals surface area contributed by atoms with E-state index in [0.717, 1.165) is 22.2 Å². The van der Waals surface area contributed by atoms with E-state index < -0.39 is 17.1 Å². The number of rotatable bonds is 9. The highest BCUT2D eigenvalue weighted by Gasteiger charge is 2.36. The molecule has 1 aliphatic rings. The highest BCUT2D eigenvalue weighted by atomic mass is 35.5. The number of amides is 3. The van der Waals surface area contributed by atoms with E-state index in [2.05, 4.69) is 5.32 Å². The molecule has 3 aromatic carbocycles. The van der Waals surface area contributed by atoms with Crippen molar-refractivity contribution in [2.45, 2.75) is 13.5 Å². The van der Waals surface area contributed by atoms with Crippen molar-refractivity contribution >= 4 is 52.2 Å². The molecule has 1 heterocycles. The highest BCUT2D eigenvalue weighted by Crippen LogP contribution is 2.39. The van der Waals surface area contributed by atoms with Gasteiger partial charge < -0.3 is 14.8 Å². The fraction of sp³-hybridized carbons (Fsp3) is 0.148. The van der Waals surface area contributed by atoms with E-state index >= 15 is 0 Å². The maximum absolute atomic E-state index is 12.9. The number of carbonyl (C=O) groups is 3. The summed E-state index contributed by atoms with van der Waals surface area (Å²) in [5.41, 5.74) is 2.12. The summed E-state index contributed by atoms with van der Waals surface area (Å²) in [6.45, 7) is 2.15. The van der Waals surface area contributed by atoms with Crippen molar-refractivity contribution in [2.24, 2.45) is 0 Å². The van der Waals surface area contributed by atoms with Crippen LogP contribution >= 0.6 is 23.4 Å². The van der Waals surface area contributed by atoms with Crippen LogP contribution in [0.3, 0.4) is 0 Å². The maximum Gasteiger partial charge on any atom is 0.294 e. The summed E-state index contributed by atoms with van der Waals surface area (Å²) in [5, 5.41) is 2.46. The number of anilines is 1. The second-order valence-electron chi connectivity index (χ2n) is 7.72. The van der Waals surface area contributed by atoms with Gasteiger partial charge in [0.25, 0.3) is 11.1 Å². The number of hydrogen-bond donors (Lipinski definition) is 1. The second kappa shape index (κ2) is 11.8. The minimum Gasteiger partial charge on any atom is -0.490 e. The summed E-state index contributed by atoms with van der Waals surface area (Å²) in [4.78, 5) is 38.8. The molecule has 0 aliphatic carbocycles. The molecule has 1 N–H and O–H groups in total. The quantitative estimate of drug-likeness (QED) is 0.347. The summed E-state index contributed by atoms with van der Waals surface area (Å²) in [5.74, 6) is -0.197. The van der Waals surface area contributed by atoms with E-state index in [1.165, 1.54) is 0 Å². The van der Waals surface area contributed by atoms with Crippen molar-refractivity contribution < 1.29 is 23.9 Å². The number of benzene rings is 3. The van der Waals surface area contributed by atoms with Gasteiger partial charge in [0.1, 0.15) is 13.2 Å². The van der Waals surface area contributed by atoms with Crippen LogP contribution in [0.15, 0.2) is 77.7 Å². The van der Waals surface area contributed by atoms with Crippen molar-refractivity contribution in [2.75, 3.05) is 18.5 Å². The lowest BCUT2D eigenvalue weighted by atomic mass is 10.1. The molecule has 0 bridgehead atoms. The fourth-order valence-electron chi connectivity index (χ4n) is 3.46. The number of para-hydroxylation sites is 1. The zero-order chi connectivity index (χ0) is 25.5. The van der Waals surface area contributed by atoms with Crippen molar-refractivity contribution in [1.82, 2.24) is 4.90 Å². The van der Waals surface area contributed by atoms with E-state index in [1.807, 2.05) is 43.3 Å². The Morgan fingerprint density at radius 3 is 2.42 bits per heavy atom. The molecule has 9 heteroatoms. The minimum atomic E-state index is -0.549. The molecule has 0 spiro atoms. The molecule has 7 nitrogen and oxygen atoms in total. The van der Waals surface area contributed by atoms with Crippen LogP contribution in [0.1, 0.15) is 18.1 Å². The first kappa shape index (κ1) is 25.3. The van der Waals surface area contributed by atoms with Gasteiger partial charge in [-0.2, -0.15) is 0 Å². The van der Waals surface area contributed by atoms with Gasteiger partial charge in [-0.05, 0) is 60.2 Å². The summed E-state index contributed by atoms with van der Waals surface area (Å²) in [7, 11) is 0. The Labute approximate surface area is 218 Å². The number of carbonyl (C=O) groups excluding carboxylic acids is 3. The van der Waals surface area contributed by atoms with Crippen LogP contribution in [-0.2, 0) is 16.2 Å². The zero-order valence-electron chi connectivity index (χ0n) is 19.4. The molecular weight excluding hydrogens is 500 g/mol. The van der Waals surface area contributed by atoms with E-state index in [0.29, 0.717) is 41.0 Å². The number of thioether (sulfide) groups is 1. The first-order chi connectivity index (χ1) is 17.4. The van der Waals surface area contributed by atoms with Gasteiger partial charge in [0, 0.05) is 5.69 Å². The number of halogens is 1. The lowest BCUT2D eigenvalue weighted by molar-refractivity contribution is -0.127. The van der Waals surface area contributed by atoms with Crippen LogP contribution in [0.5, 0.6) is 11.5 Å². The topological polar surface area (TPSA) is 84.9 Å². The third-order valence-electron chi connectivity index (χ3n) is 5.09. The Morgan fingerprint density at radius 1 is 1.03 bits per heavy atom.